The third kappa shape index (κ3) is 2.29. The van der Waals surface area contributed by atoms with Crippen LogP contribution in [0.1, 0.15) is 18.7 Å². The van der Waals surface area contributed by atoms with E-state index in [1.807, 2.05) is 44.4 Å². The van der Waals surface area contributed by atoms with E-state index < -0.39 is 0 Å². The summed E-state index contributed by atoms with van der Waals surface area (Å²) in [5.41, 5.74) is 3.38. The van der Waals surface area contributed by atoms with E-state index in [0.717, 1.165) is 35.2 Å². The van der Waals surface area contributed by atoms with Gasteiger partial charge in [0.25, 0.3) is 5.56 Å². The SMILES string of the molecule is Cc1nc2cccc(-c3cnn(C)c3)c2c(=O)n1C1=CCCC=C1. The molecule has 0 N–H and O–H groups in total. The number of aryl methyl sites for hydroxylation is 2. The number of hydrogen-bond acceptors (Lipinski definition) is 3. The Morgan fingerprint density at radius 3 is 2.79 bits per heavy atom. The summed E-state index contributed by atoms with van der Waals surface area (Å²) in [6.07, 6.45) is 11.8. The molecule has 0 saturated heterocycles. The molecule has 0 bridgehead atoms. The highest BCUT2D eigenvalue weighted by molar-refractivity contribution is 5.94. The Morgan fingerprint density at radius 1 is 1.21 bits per heavy atom. The van der Waals surface area contributed by atoms with Crippen molar-refractivity contribution in [3.63, 3.8) is 0 Å². The molecule has 120 valence electrons. The minimum Gasteiger partial charge on any atom is -0.275 e. The van der Waals surface area contributed by atoms with Crippen molar-refractivity contribution in [1.29, 1.82) is 0 Å². The van der Waals surface area contributed by atoms with Crippen molar-refractivity contribution in [3.05, 3.63) is 65.0 Å². The second-order valence-electron chi connectivity index (χ2n) is 6.01. The first-order valence-corrected chi connectivity index (χ1v) is 8.03. The highest BCUT2D eigenvalue weighted by Crippen LogP contribution is 2.26. The van der Waals surface area contributed by atoms with Crippen LogP contribution in [-0.2, 0) is 7.05 Å². The molecule has 5 heteroatoms. The molecule has 0 aliphatic heterocycles. The van der Waals surface area contributed by atoms with Crippen LogP contribution in [0.3, 0.4) is 0 Å². The standard InChI is InChI=1S/C19H18N4O/c1-13-21-17-10-6-9-16(14-11-20-22(2)12-14)18(17)19(24)23(13)15-7-4-3-5-8-15/h4,6-12H,3,5H2,1-2H3. The monoisotopic (exact) mass is 318 g/mol. The van der Waals surface area contributed by atoms with E-state index in [9.17, 15) is 4.79 Å². The van der Waals surface area contributed by atoms with E-state index >= 15 is 0 Å². The van der Waals surface area contributed by atoms with Crippen molar-refractivity contribution in [2.45, 2.75) is 19.8 Å². The predicted octanol–water partition coefficient (Wildman–Crippen LogP) is 3.30. The molecular formula is C19H18N4O. The van der Waals surface area contributed by atoms with Gasteiger partial charge in [-0.2, -0.15) is 5.10 Å². The smallest absolute Gasteiger partial charge is 0.266 e. The van der Waals surface area contributed by atoms with Crippen LogP contribution in [0.2, 0.25) is 0 Å². The zero-order valence-corrected chi connectivity index (χ0v) is 13.7. The molecule has 0 unspecified atom stereocenters. The molecule has 0 radical (unpaired) electrons. The molecule has 1 aliphatic rings. The molecule has 0 spiro atoms. The molecule has 1 aromatic carbocycles. The topological polar surface area (TPSA) is 52.7 Å². The molecule has 4 rings (SSSR count). The minimum absolute atomic E-state index is 0.0326. The largest absolute Gasteiger partial charge is 0.275 e. The van der Waals surface area contributed by atoms with Crippen LogP contribution in [0.15, 0.2) is 53.6 Å². The molecule has 2 aromatic heterocycles. The lowest BCUT2D eigenvalue weighted by atomic mass is 10.0. The van der Waals surface area contributed by atoms with Gasteiger partial charge in [-0.05, 0) is 37.5 Å². The maximum absolute atomic E-state index is 13.3. The first-order valence-electron chi connectivity index (χ1n) is 8.03. The van der Waals surface area contributed by atoms with Gasteiger partial charge in [0.05, 0.1) is 17.1 Å². The molecule has 3 aromatic rings. The van der Waals surface area contributed by atoms with Crippen molar-refractivity contribution >= 4 is 16.6 Å². The Bertz CT molecular complexity index is 1050. The maximum Gasteiger partial charge on any atom is 0.266 e. The van der Waals surface area contributed by atoms with Gasteiger partial charge in [0, 0.05) is 24.5 Å². The molecule has 0 atom stereocenters. The average Bonchev–Trinajstić information content (AvgIpc) is 3.01. The fourth-order valence-electron chi connectivity index (χ4n) is 3.21. The quantitative estimate of drug-likeness (QED) is 0.728. The van der Waals surface area contributed by atoms with Gasteiger partial charge in [-0.15, -0.1) is 0 Å². The summed E-state index contributed by atoms with van der Waals surface area (Å²) in [6, 6.07) is 5.77. The van der Waals surface area contributed by atoms with Gasteiger partial charge in [-0.3, -0.25) is 14.0 Å². The normalized spacial score (nSPS) is 14.2. The van der Waals surface area contributed by atoms with Crippen LogP contribution < -0.4 is 5.56 Å². The van der Waals surface area contributed by atoms with Crippen LogP contribution in [0, 0.1) is 6.92 Å². The van der Waals surface area contributed by atoms with Gasteiger partial charge in [-0.1, -0.05) is 24.3 Å². The Hall–Kier alpha value is -2.95. The third-order valence-electron chi connectivity index (χ3n) is 4.31. The lowest BCUT2D eigenvalue weighted by molar-refractivity contribution is 0.768. The number of hydrogen-bond donors (Lipinski definition) is 0. The summed E-state index contributed by atoms with van der Waals surface area (Å²) in [4.78, 5) is 17.9. The fourth-order valence-corrected chi connectivity index (χ4v) is 3.21. The van der Waals surface area contributed by atoms with E-state index in [1.54, 1.807) is 15.4 Å². The van der Waals surface area contributed by atoms with E-state index in [-0.39, 0.29) is 5.56 Å². The van der Waals surface area contributed by atoms with Gasteiger partial charge < -0.3 is 0 Å². The Kier molecular flexibility index (Phi) is 3.41. The summed E-state index contributed by atoms with van der Waals surface area (Å²) in [5, 5.41) is 4.86. The fraction of sp³-hybridized carbons (Fsp3) is 0.211. The molecule has 0 fully saturated rings. The summed E-state index contributed by atoms with van der Waals surface area (Å²) >= 11 is 0. The van der Waals surface area contributed by atoms with Crippen molar-refractivity contribution in [3.8, 4) is 11.1 Å². The number of rotatable bonds is 2. The van der Waals surface area contributed by atoms with Crippen LogP contribution >= 0.6 is 0 Å². The molecule has 2 heterocycles. The summed E-state index contributed by atoms with van der Waals surface area (Å²) < 4.78 is 3.44. The van der Waals surface area contributed by atoms with Crippen molar-refractivity contribution in [2.24, 2.45) is 7.05 Å². The average molecular weight is 318 g/mol. The van der Waals surface area contributed by atoms with E-state index in [1.165, 1.54) is 0 Å². The first-order chi connectivity index (χ1) is 11.6. The van der Waals surface area contributed by atoms with Gasteiger partial charge in [0.2, 0.25) is 0 Å². The molecule has 24 heavy (non-hydrogen) atoms. The number of benzene rings is 1. The Morgan fingerprint density at radius 2 is 2.08 bits per heavy atom. The summed E-state index contributed by atoms with van der Waals surface area (Å²) in [7, 11) is 1.87. The van der Waals surface area contributed by atoms with Gasteiger partial charge in [0.1, 0.15) is 5.82 Å². The predicted molar refractivity (Wildman–Crippen MR) is 95.6 cm³/mol. The number of allylic oxidation sites excluding steroid dienone is 4. The van der Waals surface area contributed by atoms with Gasteiger partial charge in [-0.25, -0.2) is 4.98 Å². The van der Waals surface area contributed by atoms with E-state index in [2.05, 4.69) is 22.2 Å². The van der Waals surface area contributed by atoms with Gasteiger partial charge in [0.15, 0.2) is 0 Å². The number of nitrogens with zero attached hydrogens (tertiary/aromatic N) is 4. The minimum atomic E-state index is -0.0326. The van der Waals surface area contributed by atoms with Crippen LogP contribution in [-0.4, -0.2) is 19.3 Å². The van der Waals surface area contributed by atoms with Gasteiger partial charge >= 0.3 is 0 Å². The molecule has 5 nitrogen and oxygen atoms in total. The van der Waals surface area contributed by atoms with Crippen molar-refractivity contribution in [1.82, 2.24) is 19.3 Å². The zero-order valence-electron chi connectivity index (χ0n) is 13.7. The van der Waals surface area contributed by atoms with E-state index in [4.69, 9.17) is 0 Å². The third-order valence-corrected chi connectivity index (χ3v) is 4.31. The molecule has 0 amide bonds. The number of fused-ring (bicyclic) bond motifs is 1. The summed E-state index contributed by atoms with van der Waals surface area (Å²) in [6.45, 7) is 1.88. The van der Waals surface area contributed by atoms with Crippen molar-refractivity contribution in [2.75, 3.05) is 0 Å². The highest BCUT2D eigenvalue weighted by atomic mass is 16.1. The second-order valence-corrected chi connectivity index (χ2v) is 6.01. The Labute approximate surface area is 139 Å². The summed E-state index contributed by atoms with van der Waals surface area (Å²) in [5.74, 6) is 0.702. The lowest BCUT2D eigenvalue weighted by Gasteiger charge is -2.15. The molecule has 0 saturated carbocycles. The molecular weight excluding hydrogens is 300 g/mol. The van der Waals surface area contributed by atoms with Crippen LogP contribution in [0.5, 0.6) is 0 Å². The number of aromatic nitrogens is 4. The zero-order chi connectivity index (χ0) is 16.7. The molecule has 1 aliphatic carbocycles. The van der Waals surface area contributed by atoms with Crippen molar-refractivity contribution < 1.29 is 0 Å². The lowest BCUT2D eigenvalue weighted by Crippen LogP contribution is -2.23. The maximum atomic E-state index is 13.3. The highest BCUT2D eigenvalue weighted by Gasteiger charge is 2.15. The van der Waals surface area contributed by atoms with Crippen LogP contribution in [0.4, 0.5) is 0 Å². The van der Waals surface area contributed by atoms with Crippen LogP contribution in [0.25, 0.3) is 27.7 Å². The Balaban J connectivity index is 2.05. The van der Waals surface area contributed by atoms with E-state index in [0.29, 0.717) is 11.2 Å². The first kappa shape index (κ1) is 14.6. The second kappa shape index (κ2) is 5.60.